The number of hydrogen-bond acceptors (Lipinski definition) is 6. The Labute approximate surface area is 154 Å². The SMILES string of the molecule is CN1c2ccccc2SC1N/N=c1/ccc2nc3ccccc3oc-2c1. The number of para-hydroxylation sites is 3. The third-order valence-corrected chi connectivity index (χ3v) is 5.65. The molecule has 1 unspecified atom stereocenters. The molecule has 0 saturated carbocycles. The molecule has 26 heavy (non-hydrogen) atoms. The van der Waals surface area contributed by atoms with Crippen molar-refractivity contribution in [2.75, 3.05) is 11.9 Å². The number of nitrogens with zero attached hydrogens (tertiary/aromatic N) is 3. The summed E-state index contributed by atoms with van der Waals surface area (Å²) in [5, 5.41) is 5.36. The van der Waals surface area contributed by atoms with E-state index >= 15 is 0 Å². The van der Waals surface area contributed by atoms with Crippen LogP contribution in [0.3, 0.4) is 0 Å². The van der Waals surface area contributed by atoms with Crippen molar-refractivity contribution in [3.05, 3.63) is 72.1 Å². The number of hydrogen-bond donors (Lipinski definition) is 1. The molecule has 0 aromatic heterocycles. The molecule has 0 fully saturated rings. The minimum atomic E-state index is 0.0646. The number of benzene rings is 3. The number of nitrogens with one attached hydrogen (secondary N) is 1. The minimum Gasteiger partial charge on any atom is -0.453 e. The maximum atomic E-state index is 5.96. The smallest absolute Gasteiger partial charge is 0.167 e. The summed E-state index contributed by atoms with van der Waals surface area (Å²) in [6.07, 6.45) is 0. The van der Waals surface area contributed by atoms with Gasteiger partial charge in [0.05, 0.1) is 11.0 Å². The normalized spacial score (nSPS) is 17.0. The standard InChI is InChI=1S/C20H16N4OS/c1-24-16-7-3-5-9-19(16)26-20(24)23-22-13-10-11-15-18(12-13)25-17-8-4-2-6-14(17)21-15/h2-12,20,23H,1H3/b22-13-. The second-order valence-corrected chi connectivity index (χ2v) is 7.25. The first-order chi connectivity index (χ1) is 12.8. The van der Waals surface area contributed by atoms with E-state index in [1.807, 2.05) is 42.5 Å². The van der Waals surface area contributed by atoms with Gasteiger partial charge in [-0.15, -0.1) is 0 Å². The second-order valence-electron chi connectivity index (χ2n) is 6.12. The highest BCUT2D eigenvalue weighted by atomic mass is 32.2. The Balaban J connectivity index is 1.46. The average Bonchev–Trinajstić information content (AvgIpc) is 3.00. The summed E-state index contributed by atoms with van der Waals surface area (Å²) in [5.74, 6) is 0.725. The molecule has 0 spiro atoms. The molecule has 0 amide bonds. The van der Waals surface area contributed by atoms with Gasteiger partial charge in [0.2, 0.25) is 0 Å². The van der Waals surface area contributed by atoms with Crippen LogP contribution in [0, 0.1) is 0 Å². The average molecular weight is 360 g/mol. The Morgan fingerprint density at radius 1 is 1.08 bits per heavy atom. The molecular weight excluding hydrogens is 344 g/mol. The maximum Gasteiger partial charge on any atom is 0.167 e. The summed E-state index contributed by atoms with van der Waals surface area (Å²) < 4.78 is 5.96. The molecule has 3 aliphatic rings. The fraction of sp³-hybridized carbons (Fsp3) is 0.100. The first-order valence-corrected chi connectivity index (χ1v) is 9.23. The molecule has 1 atom stereocenters. The molecule has 0 radical (unpaired) electrons. The summed E-state index contributed by atoms with van der Waals surface area (Å²) in [5.41, 5.74) is 6.97. The molecule has 5 nitrogen and oxygen atoms in total. The zero-order chi connectivity index (χ0) is 17.5. The molecule has 128 valence electrons. The van der Waals surface area contributed by atoms with E-state index in [0.717, 1.165) is 27.9 Å². The number of rotatable bonds is 2. The van der Waals surface area contributed by atoms with Gasteiger partial charge >= 0.3 is 0 Å². The Kier molecular flexibility index (Phi) is 3.57. The van der Waals surface area contributed by atoms with Crippen LogP contribution in [-0.4, -0.2) is 17.5 Å². The highest BCUT2D eigenvalue weighted by molar-refractivity contribution is 8.00. The second kappa shape index (κ2) is 6.07. The van der Waals surface area contributed by atoms with Gasteiger partial charge in [-0.1, -0.05) is 36.0 Å². The Hall–Kier alpha value is -2.99. The van der Waals surface area contributed by atoms with Gasteiger partial charge in [0.1, 0.15) is 11.2 Å². The zero-order valence-corrected chi connectivity index (χ0v) is 14.9. The van der Waals surface area contributed by atoms with Crippen molar-refractivity contribution in [3.63, 3.8) is 0 Å². The molecule has 0 bridgehead atoms. The Bertz CT molecular complexity index is 1140. The van der Waals surface area contributed by atoms with Crippen molar-refractivity contribution in [2.24, 2.45) is 5.10 Å². The van der Waals surface area contributed by atoms with E-state index in [1.165, 1.54) is 10.6 Å². The summed E-state index contributed by atoms with van der Waals surface area (Å²) in [6, 6.07) is 21.9. The van der Waals surface area contributed by atoms with Crippen LogP contribution in [0.4, 0.5) is 5.69 Å². The van der Waals surface area contributed by atoms with E-state index in [0.29, 0.717) is 0 Å². The van der Waals surface area contributed by atoms with Crippen LogP contribution < -0.4 is 15.7 Å². The Morgan fingerprint density at radius 3 is 2.85 bits per heavy atom. The predicted molar refractivity (Wildman–Crippen MR) is 104 cm³/mol. The predicted octanol–water partition coefficient (Wildman–Crippen LogP) is 3.86. The van der Waals surface area contributed by atoms with Crippen molar-refractivity contribution >= 4 is 28.5 Å². The van der Waals surface area contributed by atoms with Crippen molar-refractivity contribution in [2.45, 2.75) is 10.4 Å². The number of aromatic nitrogens is 1. The quantitative estimate of drug-likeness (QED) is 0.434. The van der Waals surface area contributed by atoms with E-state index in [-0.39, 0.29) is 5.50 Å². The van der Waals surface area contributed by atoms with Crippen LogP contribution in [0.25, 0.3) is 22.6 Å². The van der Waals surface area contributed by atoms with E-state index < -0.39 is 0 Å². The van der Waals surface area contributed by atoms with Crippen LogP contribution in [0.1, 0.15) is 0 Å². The molecule has 2 heterocycles. The first kappa shape index (κ1) is 15.3. The summed E-state index contributed by atoms with van der Waals surface area (Å²) >= 11 is 1.75. The fourth-order valence-electron chi connectivity index (χ4n) is 3.05. The van der Waals surface area contributed by atoms with Crippen LogP contribution >= 0.6 is 11.8 Å². The van der Waals surface area contributed by atoms with Crippen molar-refractivity contribution in [1.82, 2.24) is 10.4 Å². The molecule has 6 heteroatoms. The lowest BCUT2D eigenvalue weighted by atomic mass is 10.2. The highest BCUT2D eigenvalue weighted by Gasteiger charge is 2.26. The number of anilines is 1. The summed E-state index contributed by atoms with van der Waals surface area (Å²) in [4.78, 5) is 8.07. The van der Waals surface area contributed by atoms with Crippen LogP contribution in [0.5, 0.6) is 0 Å². The summed E-state index contributed by atoms with van der Waals surface area (Å²) in [7, 11) is 2.07. The van der Waals surface area contributed by atoms with E-state index in [2.05, 4.69) is 51.7 Å². The third kappa shape index (κ3) is 2.59. The van der Waals surface area contributed by atoms with E-state index in [1.54, 1.807) is 11.8 Å². The molecular formula is C20H16N4OS. The van der Waals surface area contributed by atoms with Crippen molar-refractivity contribution in [3.8, 4) is 11.5 Å². The van der Waals surface area contributed by atoms with Crippen molar-refractivity contribution in [1.29, 1.82) is 0 Å². The van der Waals surface area contributed by atoms with Gasteiger partial charge in [0.15, 0.2) is 16.8 Å². The van der Waals surface area contributed by atoms with Gasteiger partial charge in [-0.2, -0.15) is 5.10 Å². The molecule has 2 aliphatic heterocycles. The number of thioether (sulfide) groups is 1. The van der Waals surface area contributed by atoms with Gasteiger partial charge < -0.3 is 9.32 Å². The molecule has 0 saturated heterocycles. The van der Waals surface area contributed by atoms with Gasteiger partial charge in [-0.25, -0.2) is 4.98 Å². The number of fused-ring (bicyclic) bond motifs is 3. The molecule has 1 aliphatic carbocycles. The lowest BCUT2D eigenvalue weighted by molar-refractivity contribution is 0.610. The lowest BCUT2D eigenvalue weighted by Gasteiger charge is -2.20. The monoisotopic (exact) mass is 360 g/mol. The van der Waals surface area contributed by atoms with Crippen LogP contribution in [-0.2, 0) is 0 Å². The molecule has 5 rings (SSSR count). The minimum absolute atomic E-state index is 0.0646. The van der Waals surface area contributed by atoms with Gasteiger partial charge in [-0.05, 0) is 36.4 Å². The third-order valence-electron chi connectivity index (χ3n) is 4.41. The maximum absolute atomic E-state index is 5.96. The molecule has 2 aromatic rings. The van der Waals surface area contributed by atoms with Crippen molar-refractivity contribution < 1.29 is 4.42 Å². The molecule has 1 N–H and O–H groups in total. The van der Waals surface area contributed by atoms with Gasteiger partial charge in [0.25, 0.3) is 0 Å². The van der Waals surface area contributed by atoms with Gasteiger partial charge in [-0.3, -0.25) is 5.43 Å². The zero-order valence-electron chi connectivity index (χ0n) is 14.1. The van der Waals surface area contributed by atoms with Crippen LogP contribution in [0.2, 0.25) is 0 Å². The highest BCUT2D eigenvalue weighted by Crippen LogP contribution is 2.40. The largest absolute Gasteiger partial charge is 0.453 e. The van der Waals surface area contributed by atoms with Crippen LogP contribution in [0.15, 0.2) is 81.1 Å². The summed E-state index contributed by atoms with van der Waals surface area (Å²) in [6.45, 7) is 0. The topological polar surface area (TPSA) is 53.7 Å². The lowest BCUT2D eigenvalue weighted by Crippen LogP contribution is -2.36. The Morgan fingerprint density at radius 2 is 1.92 bits per heavy atom. The van der Waals surface area contributed by atoms with E-state index in [9.17, 15) is 0 Å². The fourth-order valence-corrected chi connectivity index (χ4v) is 4.15. The molecule has 2 aromatic carbocycles. The van der Waals surface area contributed by atoms with E-state index in [4.69, 9.17) is 4.42 Å². The van der Waals surface area contributed by atoms with Gasteiger partial charge in [0, 0.05) is 18.0 Å². The first-order valence-electron chi connectivity index (χ1n) is 8.35.